The number of likely N-dealkylation sites (tertiary alicyclic amines) is 1. The molecule has 0 aromatic heterocycles. The molecular weight excluding hydrogens is 478 g/mol. The number of piperidine rings is 1. The number of methoxy groups -OCH3 is 1. The van der Waals surface area contributed by atoms with Crippen LogP contribution in [0.2, 0.25) is 0 Å². The third kappa shape index (κ3) is 2.65. The zero-order valence-corrected chi connectivity index (χ0v) is 21.9. The Bertz CT molecular complexity index is 1400. The first-order valence-electron chi connectivity index (χ1n) is 14.0. The van der Waals surface area contributed by atoms with E-state index < -0.39 is 11.6 Å². The van der Waals surface area contributed by atoms with Crippen molar-refractivity contribution in [3.63, 3.8) is 0 Å². The van der Waals surface area contributed by atoms with Gasteiger partial charge in [0.15, 0.2) is 11.5 Å². The second kappa shape index (κ2) is 7.57. The molecule has 6 heteroatoms. The minimum Gasteiger partial charge on any atom is -0.482 e. The molecule has 0 amide bonds. The molecule has 0 radical (unpaired) electrons. The van der Waals surface area contributed by atoms with Crippen LogP contribution in [0.15, 0.2) is 54.6 Å². The number of carbonyl (C=O) groups is 2. The number of nitrogens with zero attached hydrogens (tertiary/aromatic N) is 1. The summed E-state index contributed by atoms with van der Waals surface area (Å²) >= 11 is 0. The summed E-state index contributed by atoms with van der Waals surface area (Å²) in [6.07, 6.45) is 9.48. The maximum atomic E-state index is 13.2. The van der Waals surface area contributed by atoms with Crippen molar-refractivity contribution in [3.8, 4) is 11.5 Å². The summed E-state index contributed by atoms with van der Waals surface area (Å²) in [7, 11) is 1.71. The van der Waals surface area contributed by atoms with Crippen molar-refractivity contribution in [2.24, 2.45) is 17.3 Å². The van der Waals surface area contributed by atoms with E-state index in [0.29, 0.717) is 23.1 Å². The summed E-state index contributed by atoms with van der Waals surface area (Å²) in [5.74, 6) is 1.41. The number of rotatable bonds is 6. The molecule has 38 heavy (non-hydrogen) atoms. The summed E-state index contributed by atoms with van der Waals surface area (Å²) in [5.41, 5.74) is 1.60. The monoisotopic (exact) mass is 511 g/mol. The third-order valence-electron chi connectivity index (χ3n) is 10.8. The third-order valence-corrected chi connectivity index (χ3v) is 10.8. The normalized spacial score (nSPS) is 37.5. The highest BCUT2D eigenvalue weighted by Gasteiger charge is 2.79. The highest BCUT2D eigenvalue weighted by atomic mass is 16.6. The fourth-order valence-electron chi connectivity index (χ4n) is 9.04. The average molecular weight is 512 g/mol. The van der Waals surface area contributed by atoms with Gasteiger partial charge in [0.05, 0.1) is 16.9 Å². The number of hydrogen-bond acceptors (Lipinski definition) is 6. The van der Waals surface area contributed by atoms with E-state index in [9.17, 15) is 9.59 Å². The molecule has 2 spiro atoms. The lowest BCUT2D eigenvalue weighted by Crippen LogP contribution is -2.79. The van der Waals surface area contributed by atoms with Crippen LogP contribution < -0.4 is 9.47 Å². The van der Waals surface area contributed by atoms with Gasteiger partial charge in [0.2, 0.25) is 0 Å². The molecular formula is C32H33NO5. The van der Waals surface area contributed by atoms with Crippen LogP contribution in [0, 0.1) is 17.3 Å². The molecule has 1 saturated heterocycles. The summed E-state index contributed by atoms with van der Waals surface area (Å²) in [6.45, 7) is 3.84. The minimum atomic E-state index is -0.842. The number of ketones is 1. The highest BCUT2D eigenvalue weighted by Crippen LogP contribution is 2.74. The molecule has 6 nitrogen and oxygen atoms in total. The Labute approximate surface area is 222 Å². The number of hydrogen-bond donors (Lipinski definition) is 0. The van der Waals surface area contributed by atoms with Gasteiger partial charge in [-0.05, 0) is 75.3 Å². The van der Waals surface area contributed by atoms with E-state index in [4.69, 9.17) is 14.2 Å². The Morgan fingerprint density at radius 2 is 1.92 bits per heavy atom. The van der Waals surface area contributed by atoms with Crippen molar-refractivity contribution in [1.29, 1.82) is 0 Å². The van der Waals surface area contributed by atoms with E-state index in [0.717, 1.165) is 38.3 Å². The van der Waals surface area contributed by atoms with Crippen LogP contribution in [-0.4, -0.2) is 54.6 Å². The molecule has 2 aromatic carbocycles. The molecule has 3 fully saturated rings. The number of ether oxygens (including phenoxy) is 3. The maximum Gasteiger partial charge on any atom is 0.343 e. The van der Waals surface area contributed by atoms with Gasteiger partial charge in [-0.25, -0.2) is 4.79 Å². The van der Waals surface area contributed by atoms with Crippen molar-refractivity contribution in [3.05, 3.63) is 71.3 Å². The topological polar surface area (TPSA) is 65.1 Å². The molecule has 4 bridgehead atoms. The van der Waals surface area contributed by atoms with Crippen LogP contribution in [0.1, 0.15) is 54.1 Å². The number of benzene rings is 2. The van der Waals surface area contributed by atoms with Gasteiger partial charge in [-0.15, -0.1) is 0 Å². The van der Waals surface area contributed by atoms with E-state index in [1.807, 2.05) is 24.3 Å². The smallest absolute Gasteiger partial charge is 0.343 e. The Kier molecular flexibility index (Phi) is 4.58. The van der Waals surface area contributed by atoms with Gasteiger partial charge in [0, 0.05) is 30.7 Å². The van der Waals surface area contributed by atoms with Crippen molar-refractivity contribution in [2.45, 2.75) is 62.2 Å². The largest absolute Gasteiger partial charge is 0.482 e. The number of fused-ring (bicyclic) bond motifs is 1. The second-order valence-corrected chi connectivity index (χ2v) is 12.4. The summed E-state index contributed by atoms with van der Waals surface area (Å²) in [5, 5.41) is 0. The van der Waals surface area contributed by atoms with Gasteiger partial charge in [-0.3, -0.25) is 9.69 Å². The van der Waals surface area contributed by atoms with E-state index in [1.165, 1.54) is 24.0 Å². The van der Waals surface area contributed by atoms with Crippen LogP contribution in [-0.2, 0) is 21.4 Å². The van der Waals surface area contributed by atoms with Crippen molar-refractivity contribution in [2.75, 3.05) is 20.2 Å². The molecule has 5 aliphatic carbocycles. The predicted molar refractivity (Wildman–Crippen MR) is 140 cm³/mol. The molecule has 2 aliphatic heterocycles. The lowest BCUT2D eigenvalue weighted by atomic mass is 9.37. The fourth-order valence-corrected chi connectivity index (χ4v) is 9.04. The Balaban J connectivity index is 1.31. The van der Waals surface area contributed by atoms with Gasteiger partial charge in [-0.1, -0.05) is 36.4 Å². The molecule has 7 aliphatic rings. The van der Waals surface area contributed by atoms with Crippen molar-refractivity contribution in [1.82, 2.24) is 4.90 Å². The number of carbonyl (C=O) groups excluding carboxylic acids is 2. The van der Waals surface area contributed by atoms with E-state index in [1.54, 1.807) is 26.2 Å². The quantitative estimate of drug-likeness (QED) is 0.323. The first-order chi connectivity index (χ1) is 18.4. The van der Waals surface area contributed by atoms with E-state index >= 15 is 0 Å². The first kappa shape index (κ1) is 23.0. The Morgan fingerprint density at radius 1 is 1.11 bits per heavy atom. The van der Waals surface area contributed by atoms with Crippen LogP contribution >= 0.6 is 0 Å². The zero-order valence-electron chi connectivity index (χ0n) is 21.9. The second-order valence-electron chi connectivity index (χ2n) is 12.4. The number of esters is 1. The van der Waals surface area contributed by atoms with Crippen LogP contribution in [0.3, 0.4) is 0 Å². The summed E-state index contributed by atoms with van der Waals surface area (Å²) in [4.78, 5) is 29.0. The lowest BCUT2D eigenvalue weighted by molar-refractivity contribution is -0.214. The summed E-state index contributed by atoms with van der Waals surface area (Å²) < 4.78 is 19.3. The fraction of sp³-hybridized carbons (Fsp3) is 0.500. The van der Waals surface area contributed by atoms with E-state index in [2.05, 4.69) is 23.1 Å². The number of Topliss-reactive ketones (excluding diaryl/α,β-unsaturated/α-hetero) is 1. The van der Waals surface area contributed by atoms with Crippen LogP contribution in [0.25, 0.3) is 0 Å². The van der Waals surface area contributed by atoms with Gasteiger partial charge in [-0.2, -0.15) is 0 Å². The molecule has 6 atom stereocenters. The van der Waals surface area contributed by atoms with Gasteiger partial charge in [0.25, 0.3) is 0 Å². The lowest BCUT2D eigenvalue weighted by Gasteiger charge is -2.71. The molecule has 0 N–H and O–H groups in total. The van der Waals surface area contributed by atoms with E-state index in [-0.39, 0.29) is 28.6 Å². The zero-order chi connectivity index (χ0) is 25.9. The molecule has 2 heterocycles. The standard InChI is InChI=1S/C32H33NO5/c1-19(34)23-17-30-12-13-32(23,36-2)29-31(30)14-15-33(18-20-8-9-20)25(30)16-22-10-11-24(27(38-29)26(22)31)37-28(35)21-6-4-3-5-7-21/h3-7,10-13,20,23,25,29H,8-9,14-18H2,1-2H3/t23-,25-,29-,30-,31+,32-/m1/s1. The predicted octanol–water partition coefficient (Wildman–Crippen LogP) is 4.50. The van der Waals surface area contributed by atoms with Gasteiger partial charge in [0.1, 0.15) is 17.5 Å². The minimum absolute atomic E-state index is 0.151. The average Bonchev–Trinajstić information content (AvgIpc) is 3.68. The Morgan fingerprint density at radius 3 is 2.66 bits per heavy atom. The molecule has 2 saturated carbocycles. The Hall–Kier alpha value is -2.96. The maximum absolute atomic E-state index is 13.2. The molecule has 9 rings (SSSR count). The van der Waals surface area contributed by atoms with Gasteiger partial charge < -0.3 is 14.2 Å². The molecule has 0 unspecified atom stereocenters. The molecule has 196 valence electrons. The van der Waals surface area contributed by atoms with Crippen LogP contribution in [0.4, 0.5) is 0 Å². The summed E-state index contributed by atoms with van der Waals surface area (Å²) in [6, 6.07) is 13.4. The van der Waals surface area contributed by atoms with Crippen molar-refractivity contribution >= 4 is 11.8 Å². The highest BCUT2D eigenvalue weighted by molar-refractivity contribution is 5.91. The van der Waals surface area contributed by atoms with Crippen molar-refractivity contribution < 1.29 is 23.8 Å². The molecule has 2 aromatic rings. The first-order valence-corrected chi connectivity index (χ1v) is 14.0. The SMILES string of the molecule is CO[C@]12C=C[C@@]3(C[C@@H]1C(C)=O)[C@H]1Cc4ccc(OC(=O)c5ccccc5)c5c4[C@@]3(CCN1CC1CC1)[C@H]2O5. The van der Waals surface area contributed by atoms with Gasteiger partial charge >= 0.3 is 5.97 Å². The van der Waals surface area contributed by atoms with Crippen LogP contribution in [0.5, 0.6) is 11.5 Å².